The summed E-state index contributed by atoms with van der Waals surface area (Å²) in [5.41, 5.74) is 12.2. The Kier molecular flexibility index (Phi) is 5.96. The average Bonchev–Trinajstić information content (AvgIpc) is 4.04. The first-order valence-corrected chi connectivity index (χ1v) is 20.1. The van der Waals surface area contributed by atoms with Crippen LogP contribution < -0.4 is 0 Å². The number of furan rings is 1. The summed E-state index contributed by atoms with van der Waals surface area (Å²) in [6.07, 6.45) is 0. The zero-order chi connectivity index (χ0) is 38.3. The minimum absolute atomic E-state index is 0.658. The summed E-state index contributed by atoms with van der Waals surface area (Å²) < 4.78 is 11.4. The first-order chi connectivity index (χ1) is 29.3. The van der Waals surface area contributed by atoms with Gasteiger partial charge in [0.05, 0.1) is 27.6 Å². The van der Waals surface area contributed by atoms with E-state index in [1.165, 1.54) is 76.1 Å². The van der Waals surface area contributed by atoms with E-state index in [0.29, 0.717) is 11.4 Å². The van der Waals surface area contributed by atoms with Crippen LogP contribution in [0.4, 0.5) is 0 Å². The van der Waals surface area contributed by atoms with Gasteiger partial charge in [-0.05, 0) is 88.3 Å². The summed E-state index contributed by atoms with van der Waals surface area (Å²) in [7, 11) is 0. The maximum atomic E-state index is 6.49. The van der Waals surface area contributed by atoms with Crippen molar-refractivity contribution in [2.75, 3.05) is 0 Å². The molecule has 0 aliphatic rings. The van der Waals surface area contributed by atoms with Crippen LogP contribution in [-0.2, 0) is 0 Å². The van der Waals surface area contributed by atoms with E-state index in [-0.39, 0.29) is 0 Å². The fourth-order valence-electron chi connectivity index (χ4n) is 10.1. The Morgan fingerprint density at radius 3 is 1.92 bits per heavy atom. The van der Waals surface area contributed by atoms with Crippen LogP contribution in [0.2, 0.25) is 0 Å². The van der Waals surface area contributed by atoms with Gasteiger partial charge in [-0.1, -0.05) is 115 Å². The molecule has 0 fully saturated rings. The molecule has 0 amide bonds. The Morgan fingerprint density at radius 2 is 1.07 bits per heavy atom. The molecular formula is C54H30N4O. The number of benzene rings is 9. The zero-order valence-corrected chi connectivity index (χ0v) is 31.5. The minimum Gasteiger partial charge on any atom is -0.452 e. The van der Waals surface area contributed by atoms with Crippen LogP contribution in [-0.4, -0.2) is 18.9 Å². The van der Waals surface area contributed by atoms with Gasteiger partial charge in [-0.15, -0.1) is 0 Å². The number of fused-ring (bicyclic) bond motifs is 16. The number of nitrogens with zero attached hydrogens (tertiary/aromatic N) is 4. The summed E-state index contributed by atoms with van der Waals surface area (Å²) in [4.78, 5) is 10.5. The molecule has 5 aromatic heterocycles. The smallest absolute Gasteiger partial charge is 0.180 e. The molecule has 0 bridgehead atoms. The predicted octanol–water partition coefficient (Wildman–Crippen LogP) is 14.3. The topological polar surface area (TPSA) is 48.3 Å². The van der Waals surface area contributed by atoms with Gasteiger partial charge < -0.3 is 13.4 Å². The molecule has 0 saturated carbocycles. The molecular weight excluding hydrogens is 721 g/mol. The Morgan fingerprint density at radius 1 is 0.407 bits per heavy atom. The van der Waals surface area contributed by atoms with Crippen LogP contribution >= 0.6 is 0 Å². The van der Waals surface area contributed by atoms with Crippen LogP contribution in [0, 0.1) is 0 Å². The Balaban J connectivity index is 1.05. The SMILES string of the molecule is c1ccc2cc(-c3nc(-c4ccc(-n5c6ccc7ccccc7c6c6cc7c8ccccc8n8c9ccccc9c(c65)c78)cc4)nc4c3oc3ccccc34)ccc2c1. The summed E-state index contributed by atoms with van der Waals surface area (Å²) in [6.45, 7) is 0. The molecule has 0 aliphatic carbocycles. The van der Waals surface area contributed by atoms with Crippen molar-refractivity contribution in [1.82, 2.24) is 18.9 Å². The highest BCUT2D eigenvalue weighted by atomic mass is 16.3. The predicted molar refractivity (Wildman–Crippen MR) is 244 cm³/mol. The van der Waals surface area contributed by atoms with E-state index in [9.17, 15) is 0 Å². The van der Waals surface area contributed by atoms with Gasteiger partial charge in [-0.2, -0.15) is 0 Å². The van der Waals surface area contributed by atoms with Gasteiger partial charge in [0.25, 0.3) is 0 Å². The van der Waals surface area contributed by atoms with Crippen LogP contribution in [0.3, 0.4) is 0 Å². The molecule has 14 aromatic rings. The summed E-state index contributed by atoms with van der Waals surface area (Å²) in [6, 6.07) is 65.3. The second kappa shape index (κ2) is 11.3. The highest BCUT2D eigenvalue weighted by Gasteiger charge is 2.25. The standard InChI is InChI=1S/C54H30N4O/c1-2-13-34-29-35(22-21-31(34)11-1)49-53-50(40-17-7-10-20-46(40)59-53)56-54(55-49)33-23-26-36(27-24-33)57-45-28-25-32-12-3-4-14-37(32)47(45)42-30-41-38-15-5-8-18-43(38)58-44-19-9-6-16-39(44)48(51(41)58)52(42)57/h1-30H. The highest BCUT2D eigenvalue weighted by molar-refractivity contribution is 6.36. The first-order valence-electron chi connectivity index (χ1n) is 20.1. The van der Waals surface area contributed by atoms with Gasteiger partial charge in [-0.3, -0.25) is 0 Å². The van der Waals surface area contributed by atoms with Gasteiger partial charge >= 0.3 is 0 Å². The first kappa shape index (κ1) is 31.1. The largest absolute Gasteiger partial charge is 0.452 e. The molecule has 0 aliphatic heterocycles. The molecule has 0 N–H and O–H groups in total. The third-order valence-electron chi connectivity index (χ3n) is 12.6. The fourth-order valence-corrected chi connectivity index (χ4v) is 10.1. The molecule has 5 heterocycles. The maximum absolute atomic E-state index is 6.49. The van der Waals surface area contributed by atoms with Crippen molar-refractivity contribution in [3.05, 3.63) is 182 Å². The average molecular weight is 751 g/mol. The summed E-state index contributed by atoms with van der Waals surface area (Å²) >= 11 is 0. The van der Waals surface area contributed by atoms with E-state index < -0.39 is 0 Å². The molecule has 272 valence electrons. The van der Waals surface area contributed by atoms with Crippen molar-refractivity contribution in [3.8, 4) is 28.3 Å². The van der Waals surface area contributed by atoms with E-state index >= 15 is 0 Å². The normalized spacial score (nSPS) is 12.4. The molecule has 5 nitrogen and oxygen atoms in total. The van der Waals surface area contributed by atoms with Crippen molar-refractivity contribution >= 4 is 104 Å². The van der Waals surface area contributed by atoms with Crippen LogP contribution in [0.15, 0.2) is 186 Å². The molecule has 5 heteroatoms. The van der Waals surface area contributed by atoms with Gasteiger partial charge in [0, 0.05) is 54.5 Å². The summed E-state index contributed by atoms with van der Waals surface area (Å²) in [5, 5.41) is 13.4. The fraction of sp³-hybridized carbons (Fsp3) is 0. The molecule has 14 rings (SSSR count). The third-order valence-corrected chi connectivity index (χ3v) is 12.6. The summed E-state index contributed by atoms with van der Waals surface area (Å²) in [5.74, 6) is 0.658. The minimum atomic E-state index is 0.658. The maximum Gasteiger partial charge on any atom is 0.180 e. The zero-order valence-electron chi connectivity index (χ0n) is 31.5. The molecule has 0 spiro atoms. The number of aromatic nitrogens is 4. The van der Waals surface area contributed by atoms with Gasteiger partial charge in [-0.25, -0.2) is 9.97 Å². The van der Waals surface area contributed by atoms with Crippen LogP contribution in [0.25, 0.3) is 132 Å². The van der Waals surface area contributed by atoms with E-state index in [1.807, 2.05) is 18.2 Å². The lowest BCUT2D eigenvalue weighted by molar-refractivity contribution is 0.667. The molecule has 0 atom stereocenters. The third kappa shape index (κ3) is 4.13. The number of hydrogen-bond acceptors (Lipinski definition) is 3. The molecule has 9 aromatic carbocycles. The van der Waals surface area contributed by atoms with E-state index in [4.69, 9.17) is 14.4 Å². The van der Waals surface area contributed by atoms with Gasteiger partial charge in [0.2, 0.25) is 0 Å². The molecule has 0 radical (unpaired) electrons. The lowest BCUT2D eigenvalue weighted by atomic mass is 10.0. The quantitative estimate of drug-likeness (QED) is 0.181. The molecule has 0 saturated heterocycles. The number of para-hydroxylation sites is 3. The lowest BCUT2D eigenvalue weighted by Crippen LogP contribution is -1.97. The monoisotopic (exact) mass is 750 g/mol. The van der Waals surface area contributed by atoms with Crippen LogP contribution in [0.5, 0.6) is 0 Å². The van der Waals surface area contributed by atoms with E-state index in [2.05, 4.69) is 173 Å². The Hall–Kier alpha value is -8.02. The molecule has 0 unspecified atom stereocenters. The number of hydrogen-bond donors (Lipinski definition) is 0. The van der Waals surface area contributed by atoms with E-state index in [1.54, 1.807) is 0 Å². The van der Waals surface area contributed by atoms with Crippen molar-refractivity contribution in [3.63, 3.8) is 0 Å². The van der Waals surface area contributed by atoms with E-state index in [0.717, 1.165) is 44.4 Å². The second-order valence-electron chi connectivity index (χ2n) is 15.7. The molecule has 59 heavy (non-hydrogen) atoms. The van der Waals surface area contributed by atoms with Crippen molar-refractivity contribution < 1.29 is 4.42 Å². The number of rotatable bonds is 3. The van der Waals surface area contributed by atoms with Gasteiger partial charge in [0.15, 0.2) is 11.4 Å². The highest BCUT2D eigenvalue weighted by Crippen LogP contribution is 2.48. The van der Waals surface area contributed by atoms with Crippen molar-refractivity contribution in [2.45, 2.75) is 0 Å². The van der Waals surface area contributed by atoms with Crippen molar-refractivity contribution in [1.29, 1.82) is 0 Å². The second-order valence-corrected chi connectivity index (χ2v) is 15.7. The van der Waals surface area contributed by atoms with Crippen LogP contribution in [0.1, 0.15) is 0 Å². The lowest BCUT2D eigenvalue weighted by Gasteiger charge is -2.11. The van der Waals surface area contributed by atoms with Crippen molar-refractivity contribution in [2.24, 2.45) is 0 Å². The Labute approximate surface area is 335 Å². The Bertz CT molecular complexity index is 4070. The van der Waals surface area contributed by atoms with Gasteiger partial charge in [0.1, 0.15) is 16.8 Å².